The second-order valence-corrected chi connectivity index (χ2v) is 18.9. The predicted octanol–water partition coefficient (Wildman–Crippen LogP) is 11.6. The Hall–Kier alpha value is -3.51. The second kappa shape index (κ2) is 27.6. The van der Waals surface area contributed by atoms with Crippen molar-refractivity contribution in [2.75, 3.05) is 73.5 Å². The van der Waals surface area contributed by atoms with E-state index in [0.717, 1.165) is 99.8 Å². The molecule has 4 N–H and O–H groups in total. The number of aromatic carboxylic acids is 1. The Morgan fingerprint density at radius 3 is 1.37 bits per heavy atom. The van der Waals surface area contributed by atoms with Crippen molar-refractivity contribution in [3.05, 3.63) is 150 Å². The van der Waals surface area contributed by atoms with E-state index in [0.29, 0.717) is 16.7 Å². The van der Waals surface area contributed by atoms with Crippen LogP contribution in [0.1, 0.15) is 47.8 Å². The number of ether oxygens (including phenoxy) is 2. The first kappa shape index (κ1) is 52.8. The van der Waals surface area contributed by atoms with Gasteiger partial charge < -0.3 is 35.4 Å². The van der Waals surface area contributed by atoms with E-state index in [1.165, 1.54) is 5.69 Å². The number of carboxylic acids is 1. The van der Waals surface area contributed by atoms with Crippen LogP contribution in [-0.4, -0.2) is 79.0 Å². The number of nitrogen functional groups attached to an aromatic ring is 1. The van der Waals surface area contributed by atoms with Crippen LogP contribution in [0.5, 0.6) is 0 Å². The van der Waals surface area contributed by atoms with E-state index >= 15 is 0 Å². The quantitative estimate of drug-likeness (QED) is 0.111. The second-order valence-electron chi connectivity index (χ2n) is 13.4. The number of aryl methyl sites for hydroxylation is 3. The summed E-state index contributed by atoms with van der Waals surface area (Å²) in [7, 11) is 7.36. The summed E-state index contributed by atoms with van der Waals surface area (Å²) in [5.74, 6) is -1.00. The molecule has 332 valence electrons. The smallest absolute Gasteiger partial charge is 0.335 e. The number of halogens is 6. The van der Waals surface area contributed by atoms with E-state index in [1.807, 2.05) is 81.4 Å². The van der Waals surface area contributed by atoms with Crippen molar-refractivity contribution in [1.29, 1.82) is 0 Å². The molecule has 0 aliphatic carbocycles. The fraction of sp³-hybridized carbons (Fsp3) is 0.250. The zero-order chi connectivity index (χ0) is 45.8. The van der Waals surface area contributed by atoms with Crippen LogP contribution in [0.4, 0.5) is 22.7 Å². The first-order valence-corrected chi connectivity index (χ1v) is 24.4. The lowest BCUT2D eigenvalue weighted by Crippen LogP contribution is -2.36. The molecule has 0 atom stereocenters. The van der Waals surface area contributed by atoms with Crippen LogP contribution >= 0.6 is 80.8 Å². The maximum atomic E-state index is 12.3. The van der Waals surface area contributed by atoms with Gasteiger partial charge in [0, 0.05) is 94.8 Å². The molecular weight excluding hydrogens is 1070 g/mol. The standard InChI is InChI=1S/C18H19BrN2O2.C10H14N2O.C8H6BrClO.C8H7BrO2.Cl2OS/c1-13-2-3-14(12-17(13)19)18(22)20-15-4-6-16(7-5-15)21-8-10-23-11-9-21;11-9-1-3-10(4-2-9)12-5-7-13-8-6-12;2*1-5-2-3-6(8(10)11)4-7(5)9;1-4(2)3/h2-7,12H,8-11H2,1H3,(H,20,22);1-4H,5-8,11H2;2-4H,1H3;2-4H,1H3,(H,10,11);. The number of morpholine rings is 2. The van der Waals surface area contributed by atoms with Gasteiger partial charge in [0.15, 0.2) is 0 Å². The SMILES string of the molecule is Cc1ccc(C(=O)Cl)cc1Br.Cc1ccc(C(=O)Nc2ccc(N3CCOCC3)cc2)cc1Br.Cc1ccc(C(=O)O)cc1Br.Nc1ccc(N2CCOCC2)cc1.O=S(Cl)Cl. The molecule has 0 unspecified atom stereocenters. The summed E-state index contributed by atoms with van der Waals surface area (Å²) in [6, 6.07) is 31.7. The summed E-state index contributed by atoms with van der Waals surface area (Å²) in [5.41, 5.74) is 14.3. The zero-order valence-electron chi connectivity index (χ0n) is 34.0. The van der Waals surface area contributed by atoms with Crippen molar-refractivity contribution < 1.29 is 33.2 Å². The Kier molecular flexibility index (Phi) is 23.5. The number of carboxylic acid groups (broad SMARTS) is 1. The van der Waals surface area contributed by atoms with Gasteiger partial charge in [-0.3, -0.25) is 9.59 Å². The Morgan fingerprint density at radius 2 is 0.984 bits per heavy atom. The lowest BCUT2D eigenvalue weighted by Gasteiger charge is -2.28. The molecule has 0 saturated carbocycles. The van der Waals surface area contributed by atoms with Gasteiger partial charge >= 0.3 is 5.97 Å². The number of hydrogen-bond donors (Lipinski definition) is 3. The number of rotatable bonds is 6. The first-order valence-electron chi connectivity index (χ1n) is 18.8. The van der Waals surface area contributed by atoms with Gasteiger partial charge in [0.2, 0.25) is 9.23 Å². The van der Waals surface area contributed by atoms with Crippen LogP contribution in [0, 0.1) is 20.8 Å². The molecular formula is C44H46Br3Cl3N4O7S. The third kappa shape index (κ3) is 19.1. The molecule has 7 rings (SSSR count). The molecule has 18 heteroatoms. The van der Waals surface area contributed by atoms with Gasteiger partial charge in [-0.05, 0) is 134 Å². The molecule has 1 amide bonds. The number of benzene rings is 5. The molecule has 2 fully saturated rings. The number of hydrogen-bond acceptors (Lipinski definition) is 9. The van der Waals surface area contributed by atoms with Crippen LogP contribution in [0.15, 0.2) is 117 Å². The number of amides is 1. The van der Waals surface area contributed by atoms with Gasteiger partial charge in [-0.15, -0.1) is 0 Å². The van der Waals surface area contributed by atoms with Crippen molar-refractivity contribution in [3.63, 3.8) is 0 Å². The van der Waals surface area contributed by atoms with Crippen molar-refractivity contribution >= 4 is 130 Å². The van der Waals surface area contributed by atoms with Crippen LogP contribution in [0.25, 0.3) is 0 Å². The molecule has 0 radical (unpaired) electrons. The fourth-order valence-corrected chi connectivity index (χ4v) is 6.72. The summed E-state index contributed by atoms with van der Waals surface area (Å²) < 4.78 is 22.4. The van der Waals surface area contributed by atoms with E-state index < -0.39 is 20.4 Å². The highest BCUT2D eigenvalue weighted by Crippen LogP contribution is 2.23. The number of carbonyl (C=O) groups is 3. The molecule has 62 heavy (non-hydrogen) atoms. The molecule has 5 aromatic carbocycles. The van der Waals surface area contributed by atoms with Gasteiger partial charge in [0.05, 0.1) is 32.0 Å². The number of nitrogens with one attached hydrogen (secondary N) is 1. The summed E-state index contributed by atoms with van der Waals surface area (Å²) in [6.45, 7) is 12.8. The Balaban J connectivity index is 0.000000226. The van der Waals surface area contributed by atoms with Gasteiger partial charge in [-0.2, -0.15) is 0 Å². The van der Waals surface area contributed by atoms with Crippen LogP contribution in [-0.2, 0) is 18.7 Å². The first-order chi connectivity index (χ1) is 29.4. The summed E-state index contributed by atoms with van der Waals surface area (Å²) in [6.07, 6.45) is 0. The Bertz CT molecular complexity index is 2200. The largest absolute Gasteiger partial charge is 0.478 e. The van der Waals surface area contributed by atoms with Crippen molar-refractivity contribution in [2.45, 2.75) is 20.8 Å². The molecule has 2 heterocycles. The van der Waals surface area contributed by atoms with E-state index in [9.17, 15) is 14.4 Å². The third-order valence-corrected chi connectivity index (χ3v) is 11.8. The van der Waals surface area contributed by atoms with Crippen molar-refractivity contribution in [3.8, 4) is 0 Å². The molecule has 0 aromatic heterocycles. The average Bonchev–Trinajstić information content (AvgIpc) is 3.25. The van der Waals surface area contributed by atoms with Crippen molar-refractivity contribution in [2.24, 2.45) is 0 Å². The lowest BCUT2D eigenvalue weighted by atomic mass is 10.1. The highest BCUT2D eigenvalue weighted by Gasteiger charge is 2.13. The number of anilines is 4. The average molecular weight is 1120 g/mol. The molecule has 2 aliphatic heterocycles. The van der Waals surface area contributed by atoms with Crippen LogP contribution in [0.3, 0.4) is 0 Å². The van der Waals surface area contributed by atoms with E-state index in [1.54, 1.807) is 30.3 Å². The van der Waals surface area contributed by atoms with Crippen LogP contribution in [0.2, 0.25) is 0 Å². The summed E-state index contributed by atoms with van der Waals surface area (Å²) >= 11 is 15.3. The molecule has 11 nitrogen and oxygen atoms in total. The fourth-order valence-electron chi connectivity index (χ4n) is 5.46. The van der Waals surface area contributed by atoms with E-state index in [4.69, 9.17) is 36.1 Å². The van der Waals surface area contributed by atoms with Gasteiger partial charge in [0.25, 0.3) is 11.1 Å². The van der Waals surface area contributed by atoms with Crippen LogP contribution < -0.4 is 20.9 Å². The molecule has 0 bridgehead atoms. The normalized spacial score (nSPS) is 13.1. The Labute approximate surface area is 404 Å². The molecule has 5 aromatic rings. The minimum atomic E-state index is -1.67. The number of nitrogens with two attached hydrogens (primary N) is 1. The lowest BCUT2D eigenvalue weighted by molar-refractivity contribution is 0.0696. The highest BCUT2D eigenvalue weighted by molar-refractivity contribution is 9.11. The molecule has 2 saturated heterocycles. The summed E-state index contributed by atoms with van der Waals surface area (Å²) in [4.78, 5) is 38.0. The van der Waals surface area contributed by atoms with E-state index in [2.05, 4.69) is 96.4 Å². The Morgan fingerprint density at radius 1 is 0.629 bits per heavy atom. The maximum Gasteiger partial charge on any atom is 0.335 e. The molecule has 2 aliphatic rings. The van der Waals surface area contributed by atoms with E-state index in [-0.39, 0.29) is 5.91 Å². The van der Waals surface area contributed by atoms with Gasteiger partial charge in [0.1, 0.15) is 0 Å². The molecule has 0 spiro atoms. The van der Waals surface area contributed by atoms with Crippen molar-refractivity contribution in [1.82, 2.24) is 0 Å². The number of nitrogens with zero attached hydrogens (tertiary/aromatic N) is 2. The number of carbonyl (C=O) groups excluding carboxylic acids is 2. The minimum Gasteiger partial charge on any atom is -0.478 e. The minimum absolute atomic E-state index is 0.107. The highest BCUT2D eigenvalue weighted by atomic mass is 79.9. The predicted molar refractivity (Wildman–Crippen MR) is 265 cm³/mol. The summed E-state index contributed by atoms with van der Waals surface area (Å²) in [5, 5.41) is 11.1. The topological polar surface area (TPSA) is 152 Å². The third-order valence-electron chi connectivity index (χ3n) is 9.02. The maximum absolute atomic E-state index is 12.3. The van der Waals surface area contributed by atoms with Gasteiger partial charge in [-0.1, -0.05) is 66.0 Å². The monoisotopic (exact) mass is 1120 g/mol. The van der Waals surface area contributed by atoms with Gasteiger partial charge in [-0.25, -0.2) is 9.00 Å². The zero-order valence-corrected chi connectivity index (χ0v) is 41.9.